The van der Waals surface area contributed by atoms with Gasteiger partial charge in [-0.05, 0) is 73.7 Å². The van der Waals surface area contributed by atoms with Gasteiger partial charge in [-0.3, -0.25) is 9.36 Å². The van der Waals surface area contributed by atoms with E-state index >= 15 is 0 Å². The van der Waals surface area contributed by atoms with Gasteiger partial charge in [-0.25, -0.2) is 14.6 Å². The maximum atomic E-state index is 14.2. The first-order valence-electron chi connectivity index (χ1n) is 15.9. The quantitative estimate of drug-likeness (QED) is 0.144. The molecule has 11 heteroatoms. The van der Waals surface area contributed by atoms with Gasteiger partial charge in [0.1, 0.15) is 12.6 Å². The van der Waals surface area contributed by atoms with Crippen molar-refractivity contribution in [3.05, 3.63) is 143 Å². The average Bonchev–Trinajstić information content (AvgIpc) is 3.76. The van der Waals surface area contributed by atoms with Gasteiger partial charge >= 0.3 is 11.9 Å². The smallest absolute Gasteiger partial charge is 0.338 e. The topological polar surface area (TPSA) is 105 Å². The fraction of sp³-hybridized carbons (Fsp3) is 0.211. The molecule has 250 valence electrons. The first-order valence-corrected chi connectivity index (χ1v) is 17.6. The van der Waals surface area contributed by atoms with Crippen molar-refractivity contribution >= 4 is 46.4 Å². The number of hydrogen-bond acceptors (Lipinski definition) is 10. The molecule has 0 saturated heterocycles. The Bertz CT molecular complexity index is 2170. The van der Waals surface area contributed by atoms with Gasteiger partial charge in [-0.15, -0.1) is 11.3 Å². The number of thiazole rings is 1. The molecule has 0 saturated carbocycles. The van der Waals surface area contributed by atoms with Gasteiger partial charge < -0.3 is 18.9 Å². The minimum atomic E-state index is -0.700. The number of aromatic nitrogens is 1. The van der Waals surface area contributed by atoms with E-state index in [-0.39, 0.29) is 24.7 Å². The Morgan fingerprint density at radius 1 is 0.837 bits per heavy atom. The van der Waals surface area contributed by atoms with Crippen molar-refractivity contribution in [2.75, 3.05) is 19.8 Å². The summed E-state index contributed by atoms with van der Waals surface area (Å²) in [6.45, 7) is 6.59. The average molecular weight is 695 g/mol. The number of carbonyl (C=O) groups is 2. The second-order valence-corrected chi connectivity index (χ2v) is 12.8. The molecule has 9 nitrogen and oxygen atoms in total. The van der Waals surface area contributed by atoms with Crippen molar-refractivity contribution in [2.45, 2.75) is 33.4 Å². The van der Waals surface area contributed by atoms with E-state index in [1.54, 1.807) is 36.6 Å². The summed E-state index contributed by atoms with van der Waals surface area (Å²) in [5.41, 5.74) is 3.40. The Kier molecular flexibility index (Phi) is 10.5. The summed E-state index contributed by atoms with van der Waals surface area (Å²) in [4.78, 5) is 45.9. The third-order valence-corrected chi connectivity index (χ3v) is 9.52. The lowest BCUT2D eigenvalue weighted by atomic mass is 9.97. The lowest BCUT2D eigenvalue weighted by Crippen LogP contribution is -2.39. The minimum Gasteiger partial charge on any atom is -0.490 e. The third kappa shape index (κ3) is 7.28. The Morgan fingerprint density at radius 2 is 1.59 bits per heavy atom. The van der Waals surface area contributed by atoms with E-state index in [0.717, 1.165) is 21.6 Å². The van der Waals surface area contributed by atoms with E-state index in [0.29, 0.717) is 50.9 Å². The molecule has 3 aromatic carbocycles. The monoisotopic (exact) mass is 694 g/mol. The molecule has 0 amide bonds. The van der Waals surface area contributed by atoms with Crippen LogP contribution in [0.2, 0.25) is 0 Å². The molecule has 0 fully saturated rings. The van der Waals surface area contributed by atoms with Gasteiger partial charge in [0.2, 0.25) is 0 Å². The van der Waals surface area contributed by atoms with Crippen LogP contribution in [0.4, 0.5) is 0 Å². The number of esters is 2. The predicted octanol–water partition coefficient (Wildman–Crippen LogP) is 6.15. The normalized spacial score (nSPS) is 14.2. The first kappa shape index (κ1) is 33.6. The summed E-state index contributed by atoms with van der Waals surface area (Å²) in [5, 5.41) is 1.92. The van der Waals surface area contributed by atoms with Gasteiger partial charge in [0, 0.05) is 10.4 Å². The lowest BCUT2D eigenvalue weighted by molar-refractivity contribution is -0.138. The summed E-state index contributed by atoms with van der Waals surface area (Å²) in [6.07, 6.45) is 1.80. The fourth-order valence-corrected chi connectivity index (χ4v) is 7.25. The van der Waals surface area contributed by atoms with E-state index in [4.69, 9.17) is 23.9 Å². The Labute approximate surface area is 291 Å². The number of hydrogen-bond donors (Lipinski definition) is 0. The molecule has 0 spiro atoms. The number of nitrogens with zero attached hydrogens (tertiary/aromatic N) is 2. The lowest BCUT2D eigenvalue weighted by Gasteiger charge is -2.24. The molecule has 1 aliphatic heterocycles. The van der Waals surface area contributed by atoms with Crippen LogP contribution in [0, 0.1) is 0 Å². The molecule has 2 aromatic heterocycles. The highest BCUT2D eigenvalue weighted by molar-refractivity contribution is 7.10. The van der Waals surface area contributed by atoms with Crippen LogP contribution < -0.4 is 24.4 Å². The highest BCUT2D eigenvalue weighted by atomic mass is 32.1. The van der Waals surface area contributed by atoms with Crippen molar-refractivity contribution < 1.29 is 28.5 Å². The molecular weight excluding hydrogens is 661 g/mol. The minimum absolute atomic E-state index is 0.190. The van der Waals surface area contributed by atoms with Gasteiger partial charge in [0.25, 0.3) is 5.56 Å². The van der Waals surface area contributed by atoms with E-state index in [1.807, 2.05) is 85.1 Å². The molecule has 6 rings (SSSR count). The summed E-state index contributed by atoms with van der Waals surface area (Å²) in [7, 11) is 0. The fourth-order valence-electron chi connectivity index (χ4n) is 5.42. The van der Waals surface area contributed by atoms with Gasteiger partial charge in [0.05, 0.1) is 41.2 Å². The molecule has 0 unspecified atom stereocenters. The molecule has 0 radical (unpaired) electrons. The van der Waals surface area contributed by atoms with Crippen molar-refractivity contribution in [3.8, 4) is 11.5 Å². The molecule has 0 aliphatic carbocycles. The summed E-state index contributed by atoms with van der Waals surface area (Å²) in [5.74, 6) is 0.193. The standard InChI is InChI=1S/C38H34N2O7S2/c1-4-44-29-21-25(16-19-28(29)47-23-24-14-17-27(18-15-24)36(42)45-5-2)22-31-35(41)40-34(30-13-10-20-48-30)32(37(43)46-6-3)33(39-38(40)49-31)26-11-8-7-9-12-26/h7-22,34H,4-6,23H2,1-3H3/b31-22-/t34-/m0/s1. The van der Waals surface area contributed by atoms with Gasteiger partial charge in [0.15, 0.2) is 16.3 Å². The second-order valence-electron chi connectivity index (χ2n) is 10.8. The van der Waals surface area contributed by atoms with Crippen LogP contribution >= 0.6 is 22.7 Å². The zero-order chi connectivity index (χ0) is 34.3. The van der Waals surface area contributed by atoms with Crippen LogP contribution in [-0.2, 0) is 20.9 Å². The van der Waals surface area contributed by atoms with E-state index < -0.39 is 12.0 Å². The van der Waals surface area contributed by atoms with Crippen LogP contribution in [0.1, 0.15) is 58.7 Å². The van der Waals surface area contributed by atoms with Gasteiger partial charge in [-0.2, -0.15) is 0 Å². The first-order chi connectivity index (χ1) is 23.9. The predicted molar refractivity (Wildman–Crippen MR) is 190 cm³/mol. The maximum absolute atomic E-state index is 14.2. The molecule has 1 aliphatic rings. The largest absolute Gasteiger partial charge is 0.490 e. The molecule has 3 heterocycles. The van der Waals surface area contributed by atoms with Crippen molar-refractivity contribution in [1.82, 2.24) is 4.57 Å². The van der Waals surface area contributed by atoms with Crippen molar-refractivity contribution in [2.24, 2.45) is 4.99 Å². The van der Waals surface area contributed by atoms with E-state index in [2.05, 4.69) is 0 Å². The van der Waals surface area contributed by atoms with Crippen LogP contribution in [0.5, 0.6) is 11.5 Å². The number of carbonyl (C=O) groups excluding carboxylic acids is 2. The van der Waals surface area contributed by atoms with E-state index in [1.165, 1.54) is 22.7 Å². The number of benzene rings is 3. The zero-order valence-corrected chi connectivity index (χ0v) is 28.8. The van der Waals surface area contributed by atoms with Crippen LogP contribution in [0.15, 0.2) is 106 Å². The van der Waals surface area contributed by atoms with Crippen LogP contribution in [0.3, 0.4) is 0 Å². The Hall–Kier alpha value is -5.26. The summed E-state index contributed by atoms with van der Waals surface area (Å²) in [6, 6.07) is 25.2. The summed E-state index contributed by atoms with van der Waals surface area (Å²) < 4.78 is 24.7. The highest BCUT2D eigenvalue weighted by Gasteiger charge is 2.35. The Morgan fingerprint density at radius 3 is 2.29 bits per heavy atom. The third-order valence-electron chi connectivity index (χ3n) is 7.61. The van der Waals surface area contributed by atoms with Crippen molar-refractivity contribution in [3.63, 3.8) is 0 Å². The molecular formula is C38H34N2O7S2. The molecule has 0 bridgehead atoms. The number of ether oxygens (including phenoxy) is 4. The van der Waals surface area contributed by atoms with Crippen LogP contribution in [0.25, 0.3) is 11.8 Å². The second kappa shape index (κ2) is 15.3. The number of thiophene rings is 1. The molecule has 5 aromatic rings. The van der Waals surface area contributed by atoms with Gasteiger partial charge in [-0.1, -0.05) is 65.9 Å². The maximum Gasteiger partial charge on any atom is 0.338 e. The van der Waals surface area contributed by atoms with Crippen LogP contribution in [-0.4, -0.2) is 36.3 Å². The Balaban J connectivity index is 1.37. The number of rotatable bonds is 12. The molecule has 0 N–H and O–H groups in total. The SMILES string of the molecule is CCOC(=O)C1=C(c2ccccc2)N=c2s/c(=C\c3ccc(OCc4ccc(C(=O)OCC)cc4)c(OCC)c3)c(=O)n2[C@H]1c1cccs1. The number of fused-ring (bicyclic) bond motifs is 1. The van der Waals surface area contributed by atoms with Crippen molar-refractivity contribution in [1.29, 1.82) is 0 Å². The zero-order valence-electron chi connectivity index (χ0n) is 27.2. The molecule has 49 heavy (non-hydrogen) atoms. The molecule has 1 atom stereocenters. The highest BCUT2D eigenvalue weighted by Crippen LogP contribution is 2.37. The van der Waals surface area contributed by atoms with E-state index in [9.17, 15) is 14.4 Å². The summed E-state index contributed by atoms with van der Waals surface area (Å²) >= 11 is 2.73.